The van der Waals surface area contributed by atoms with Crippen LogP contribution in [-0.4, -0.2) is 16.1 Å². The molecule has 2 N–H and O–H groups in total. The first-order valence-corrected chi connectivity index (χ1v) is 5.44. The number of aliphatic carboxylic acids is 1. The smallest absolute Gasteiger partial charge is 0.303 e. The van der Waals surface area contributed by atoms with Crippen LogP contribution in [0, 0.1) is 6.92 Å². The lowest BCUT2D eigenvalue weighted by atomic mass is 10.1. The number of hydrogen-bond acceptors (Lipinski definition) is 1. The van der Waals surface area contributed by atoms with Gasteiger partial charge in [0.05, 0.1) is 6.42 Å². The number of carboxylic acids is 1. The summed E-state index contributed by atoms with van der Waals surface area (Å²) >= 11 is 5.89. The van der Waals surface area contributed by atoms with Gasteiger partial charge in [0.15, 0.2) is 0 Å². The van der Waals surface area contributed by atoms with Crippen LogP contribution in [0.5, 0.6) is 0 Å². The summed E-state index contributed by atoms with van der Waals surface area (Å²) in [6.07, 6.45) is 0.662. The van der Waals surface area contributed by atoms with Crippen molar-refractivity contribution in [3.8, 4) is 0 Å². The Hall–Kier alpha value is -1.48. The fraction of sp³-hybridized carbons (Fsp3) is 0.250. The van der Waals surface area contributed by atoms with Crippen LogP contribution in [0.3, 0.4) is 0 Å². The van der Waals surface area contributed by atoms with Gasteiger partial charge in [-0.2, -0.15) is 0 Å². The molecule has 0 aliphatic rings. The first-order valence-electron chi connectivity index (χ1n) is 5.06. The van der Waals surface area contributed by atoms with Crippen molar-refractivity contribution in [2.45, 2.75) is 19.8 Å². The van der Waals surface area contributed by atoms with Crippen molar-refractivity contribution < 1.29 is 9.90 Å². The Bertz CT molecular complexity index is 545. The molecule has 0 atom stereocenters. The van der Waals surface area contributed by atoms with Crippen molar-refractivity contribution in [3.05, 3.63) is 34.5 Å². The van der Waals surface area contributed by atoms with Gasteiger partial charge in [-0.05, 0) is 31.0 Å². The van der Waals surface area contributed by atoms with E-state index in [4.69, 9.17) is 16.7 Å². The van der Waals surface area contributed by atoms with Gasteiger partial charge in [0.25, 0.3) is 0 Å². The lowest BCUT2D eigenvalue weighted by molar-refractivity contribution is -0.136. The summed E-state index contributed by atoms with van der Waals surface area (Å²) in [4.78, 5) is 13.7. The lowest BCUT2D eigenvalue weighted by Gasteiger charge is -1.96. The maximum Gasteiger partial charge on any atom is 0.303 e. The molecule has 4 heteroatoms. The molecular weight excluding hydrogens is 226 g/mol. The predicted octanol–water partition coefficient (Wildman–Crippen LogP) is 3.15. The number of aryl methyl sites for hydroxylation is 2. The van der Waals surface area contributed by atoms with Crippen LogP contribution >= 0.6 is 11.6 Å². The Morgan fingerprint density at radius 1 is 1.50 bits per heavy atom. The SMILES string of the molecule is Cc1c(CCC(=O)O)[nH]c2cc(Cl)ccc12. The zero-order valence-electron chi connectivity index (χ0n) is 8.88. The van der Waals surface area contributed by atoms with Gasteiger partial charge < -0.3 is 10.1 Å². The van der Waals surface area contributed by atoms with Gasteiger partial charge in [-0.15, -0.1) is 0 Å². The summed E-state index contributed by atoms with van der Waals surface area (Å²) in [5.74, 6) is -0.781. The Kier molecular flexibility index (Phi) is 2.88. The maximum atomic E-state index is 10.5. The second kappa shape index (κ2) is 4.18. The molecule has 0 aliphatic heterocycles. The molecule has 2 aromatic rings. The van der Waals surface area contributed by atoms with Crippen LogP contribution < -0.4 is 0 Å². The van der Waals surface area contributed by atoms with Gasteiger partial charge in [0.1, 0.15) is 0 Å². The molecule has 16 heavy (non-hydrogen) atoms. The van der Waals surface area contributed by atoms with Crippen LogP contribution in [0.15, 0.2) is 18.2 Å². The fourth-order valence-corrected chi connectivity index (χ4v) is 2.02. The van der Waals surface area contributed by atoms with Gasteiger partial charge in [-0.3, -0.25) is 4.79 Å². The zero-order valence-corrected chi connectivity index (χ0v) is 9.64. The van der Waals surface area contributed by atoms with E-state index in [1.165, 1.54) is 0 Å². The molecule has 0 aliphatic carbocycles. The van der Waals surface area contributed by atoms with E-state index in [1.807, 2.05) is 25.1 Å². The third kappa shape index (κ3) is 2.04. The number of fused-ring (bicyclic) bond motifs is 1. The van der Waals surface area contributed by atoms with E-state index in [0.29, 0.717) is 11.4 Å². The summed E-state index contributed by atoms with van der Waals surface area (Å²) < 4.78 is 0. The highest BCUT2D eigenvalue weighted by Gasteiger charge is 2.09. The van der Waals surface area contributed by atoms with Crippen molar-refractivity contribution in [3.63, 3.8) is 0 Å². The fourth-order valence-electron chi connectivity index (χ4n) is 1.85. The largest absolute Gasteiger partial charge is 0.481 e. The quantitative estimate of drug-likeness (QED) is 0.862. The highest BCUT2D eigenvalue weighted by atomic mass is 35.5. The molecule has 0 radical (unpaired) electrons. The van der Waals surface area contributed by atoms with E-state index in [9.17, 15) is 4.79 Å². The average Bonchev–Trinajstić information content (AvgIpc) is 2.52. The van der Waals surface area contributed by atoms with Gasteiger partial charge in [-0.25, -0.2) is 0 Å². The van der Waals surface area contributed by atoms with Gasteiger partial charge in [-0.1, -0.05) is 17.7 Å². The van der Waals surface area contributed by atoms with Crippen molar-refractivity contribution in [1.29, 1.82) is 0 Å². The normalized spacial score (nSPS) is 10.9. The highest BCUT2D eigenvalue weighted by molar-refractivity contribution is 6.31. The third-order valence-electron chi connectivity index (χ3n) is 2.71. The second-order valence-electron chi connectivity index (χ2n) is 3.81. The number of aromatic amines is 1. The Labute approximate surface area is 98.0 Å². The molecule has 3 nitrogen and oxygen atoms in total. The van der Waals surface area contributed by atoms with E-state index < -0.39 is 5.97 Å². The highest BCUT2D eigenvalue weighted by Crippen LogP contribution is 2.25. The van der Waals surface area contributed by atoms with Crippen molar-refractivity contribution in [2.24, 2.45) is 0 Å². The number of nitrogens with one attached hydrogen (secondary N) is 1. The molecule has 0 amide bonds. The summed E-state index contributed by atoms with van der Waals surface area (Å²) in [5, 5.41) is 10.4. The second-order valence-corrected chi connectivity index (χ2v) is 4.25. The van der Waals surface area contributed by atoms with E-state index in [2.05, 4.69) is 4.98 Å². The molecule has 84 valence electrons. The van der Waals surface area contributed by atoms with E-state index in [-0.39, 0.29) is 6.42 Å². The van der Waals surface area contributed by atoms with Crippen LogP contribution in [0.1, 0.15) is 17.7 Å². The van der Waals surface area contributed by atoms with Crippen LogP contribution in [0.4, 0.5) is 0 Å². The number of rotatable bonds is 3. The molecule has 1 aromatic carbocycles. The topological polar surface area (TPSA) is 53.1 Å². The number of benzene rings is 1. The summed E-state index contributed by atoms with van der Waals surface area (Å²) in [7, 11) is 0. The molecule has 2 rings (SSSR count). The molecule has 1 heterocycles. The minimum absolute atomic E-state index is 0.140. The molecule has 1 aromatic heterocycles. The molecule has 0 saturated carbocycles. The van der Waals surface area contributed by atoms with Gasteiger partial charge >= 0.3 is 5.97 Å². The minimum atomic E-state index is -0.781. The van der Waals surface area contributed by atoms with Gasteiger partial charge in [0.2, 0.25) is 0 Å². The molecule has 0 saturated heterocycles. The van der Waals surface area contributed by atoms with Crippen LogP contribution in [0.25, 0.3) is 10.9 Å². The van der Waals surface area contributed by atoms with E-state index in [0.717, 1.165) is 22.2 Å². The molecule has 0 unspecified atom stereocenters. The monoisotopic (exact) mass is 237 g/mol. The lowest BCUT2D eigenvalue weighted by Crippen LogP contribution is -1.98. The summed E-state index contributed by atoms with van der Waals surface area (Å²) in [5.41, 5.74) is 3.04. The van der Waals surface area contributed by atoms with Crippen molar-refractivity contribution in [2.75, 3.05) is 0 Å². The molecule has 0 bridgehead atoms. The first-order chi connectivity index (χ1) is 7.58. The average molecular weight is 238 g/mol. The Balaban J connectivity index is 2.39. The first kappa shape index (κ1) is 11.0. The minimum Gasteiger partial charge on any atom is -0.481 e. The van der Waals surface area contributed by atoms with Crippen molar-refractivity contribution >= 4 is 28.5 Å². The van der Waals surface area contributed by atoms with Crippen molar-refractivity contribution in [1.82, 2.24) is 4.98 Å². The number of hydrogen-bond donors (Lipinski definition) is 2. The summed E-state index contributed by atoms with van der Waals surface area (Å²) in [6.45, 7) is 1.99. The van der Waals surface area contributed by atoms with E-state index >= 15 is 0 Å². The zero-order chi connectivity index (χ0) is 11.7. The Morgan fingerprint density at radius 3 is 2.94 bits per heavy atom. The maximum absolute atomic E-state index is 10.5. The van der Waals surface area contributed by atoms with E-state index in [1.54, 1.807) is 0 Å². The predicted molar refractivity (Wildman–Crippen MR) is 64.0 cm³/mol. The van der Waals surface area contributed by atoms with Crippen LogP contribution in [-0.2, 0) is 11.2 Å². The number of aromatic nitrogens is 1. The number of H-pyrrole nitrogens is 1. The molecule has 0 spiro atoms. The third-order valence-corrected chi connectivity index (χ3v) is 2.95. The van der Waals surface area contributed by atoms with Gasteiger partial charge in [0, 0.05) is 21.6 Å². The standard InChI is InChI=1S/C12H12ClNO2/c1-7-9-3-2-8(13)6-11(9)14-10(7)4-5-12(15)16/h2-3,6,14H,4-5H2,1H3,(H,15,16). The number of halogens is 1. The molecular formula is C12H12ClNO2. The number of carbonyl (C=O) groups is 1. The Morgan fingerprint density at radius 2 is 2.25 bits per heavy atom. The summed E-state index contributed by atoms with van der Waals surface area (Å²) in [6, 6.07) is 5.65. The number of carboxylic acid groups (broad SMARTS) is 1. The molecule has 0 fully saturated rings. The van der Waals surface area contributed by atoms with Crippen LogP contribution in [0.2, 0.25) is 5.02 Å².